The summed E-state index contributed by atoms with van der Waals surface area (Å²) in [7, 11) is 1.99. The minimum Gasteiger partial charge on any atom is -0.351 e. The first-order valence-corrected chi connectivity index (χ1v) is 20.3. The molecule has 1 aromatic carbocycles. The van der Waals surface area contributed by atoms with Gasteiger partial charge in [-0.3, -0.25) is 24.4 Å². The largest absolute Gasteiger partial charge is 0.351 e. The lowest BCUT2D eigenvalue weighted by Gasteiger charge is -2.32. The summed E-state index contributed by atoms with van der Waals surface area (Å²) < 4.78 is 17.3. The Hall–Kier alpha value is -3.94. The van der Waals surface area contributed by atoms with Crippen LogP contribution in [-0.4, -0.2) is 92.1 Å². The number of nitrogens with zero attached hydrogens (tertiary/aromatic N) is 6. The van der Waals surface area contributed by atoms with Gasteiger partial charge in [0.25, 0.3) is 5.91 Å². The lowest BCUT2D eigenvalue weighted by atomic mass is 9.86. The maximum atomic E-state index is 15.4. The number of fused-ring (bicyclic) bond motifs is 1. The summed E-state index contributed by atoms with van der Waals surface area (Å²) >= 11 is 6.59. The van der Waals surface area contributed by atoms with Crippen LogP contribution in [0.1, 0.15) is 104 Å². The normalized spacial score (nSPS) is 23.9. The molecular formula is C40H51ClFN9O3. The van der Waals surface area contributed by atoms with E-state index in [1.54, 1.807) is 6.20 Å². The number of nitrogens with one attached hydrogen (secondary N) is 3. The van der Waals surface area contributed by atoms with E-state index in [1.165, 1.54) is 29.5 Å². The van der Waals surface area contributed by atoms with Crippen LogP contribution in [0.3, 0.4) is 0 Å². The number of hydrogen-bond donors (Lipinski definition) is 3. The van der Waals surface area contributed by atoms with Crippen LogP contribution in [0.4, 0.5) is 10.3 Å². The third kappa shape index (κ3) is 8.18. The van der Waals surface area contributed by atoms with Gasteiger partial charge in [0.15, 0.2) is 0 Å². The fraction of sp³-hybridized carbons (Fsp3) is 0.600. The van der Waals surface area contributed by atoms with Crippen molar-refractivity contribution in [3.63, 3.8) is 0 Å². The third-order valence-corrected chi connectivity index (χ3v) is 12.6. The summed E-state index contributed by atoms with van der Waals surface area (Å²) in [5.41, 5.74) is 4.72. The lowest BCUT2D eigenvalue weighted by molar-refractivity contribution is -0.136. The second-order valence-electron chi connectivity index (χ2n) is 16.1. The van der Waals surface area contributed by atoms with E-state index in [2.05, 4.69) is 30.9 Å². The Balaban J connectivity index is 0.734. The first-order chi connectivity index (χ1) is 26.2. The van der Waals surface area contributed by atoms with Gasteiger partial charge in [0.05, 0.1) is 23.1 Å². The first-order valence-electron chi connectivity index (χ1n) is 19.9. The molecule has 5 aliphatic rings. The van der Waals surface area contributed by atoms with E-state index in [9.17, 15) is 14.4 Å². The Morgan fingerprint density at radius 2 is 1.74 bits per heavy atom. The van der Waals surface area contributed by atoms with Gasteiger partial charge >= 0.3 is 0 Å². The molecule has 288 valence electrons. The average molecular weight is 760 g/mol. The standard InChI is InChI=1S/C40H51ClFN9O3/c1-49-35(17-24-3-4-24)31(21-45-49)37-32(41)22-44-40(48-37)46-28-7-5-25(6-8-28)20-43-13-2-14-50-15-11-26(12-16-50)29-18-27-23-51(39(54)30(27)19-33(29)42)34-9-10-36(52)47-38(34)53/h18-19,21-22,24-26,28,34,43H,2-17,20,23H2,1H3,(H,44,46,48)(H,47,52,53). The van der Waals surface area contributed by atoms with Gasteiger partial charge in [0.2, 0.25) is 17.8 Å². The van der Waals surface area contributed by atoms with Crippen molar-refractivity contribution in [2.75, 3.05) is 38.0 Å². The van der Waals surface area contributed by atoms with Crippen LogP contribution in [0.5, 0.6) is 0 Å². The molecule has 1 atom stereocenters. The van der Waals surface area contributed by atoms with Crippen LogP contribution in [-0.2, 0) is 29.6 Å². The van der Waals surface area contributed by atoms with E-state index in [0.29, 0.717) is 40.5 Å². The molecule has 2 saturated carbocycles. The number of rotatable bonds is 13. The van der Waals surface area contributed by atoms with Crippen molar-refractivity contribution in [3.05, 3.63) is 57.8 Å². The van der Waals surface area contributed by atoms with E-state index in [1.807, 2.05) is 24.0 Å². The number of anilines is 1. The molecule has 2 aromatic heterocycles. The fourth-order valence-electron chi connectivity index (χ4n) is 8.94. The summed E-state index contributed by atoms with van der Waals surface area (Å²) in [5, 5.41) is 14.7. The van der Waals surface area contributed by atoms with Crippen LogP contribution >= 0.6 is 11.6 Å². The molecule has 2 saturated heterocycles. The van der Waals surface area contributed by atoms with Crippen molar-refractivity contribution in [1.29, 1.82) is 0 Å². The molecule has 14 heteroatoms. The summed E-state index contributed by atoms with van der Waals surface area (Å²) in [6.07, 6.45) is 15.0. The molecular weight excluding hydrogens is 709 g/mol. The molecule has 12 nitrogen and oxygen atoms in total. The monoisotopic (exact) mass is 759 g/mol. The smallest absolute Gasteiger partial charge is 0.255 e. The van der Waals surface area contributed by atoms with Gasteiger partial charge in [-0.2, -0.15) is 5.10 Å². The molecule has 5 heterocycles. The number of benzene rings is 1. The highest BCUT2D eigenvalue weighted by molar-refractivity contribution is 6.33. The molecule has 3 aromatic rings. The second kappa shape index (κ2) is 16.0. The van der Waals surface area contributed by atoms with Crippen molar-refractivity contribution in [1.82, 2.24) is 40.2 Å². The molecule has 3 amide bonds. The molecule has 0 radical (unpaired) electrons. The van der Waals surface area contributed by atoms with Crippen molar-refractivity contribution < 1.29 is 18.8 Å². The summed E-state index contributed by atoms with van der Waals surface area (Å²) in [6, 6.07) is 2.85. The zero-order valence-corrected chi connectivity index (χ0v) is 31.8. The van der Waals surface area contributed by atoms with E-state index in [-0.39, 0.29) is 36.5 Å². The topological polar surface area (TPSA) is 137 Å². The zero-order valence-electron chi connectivity index (χ0n) is 31.1. The summed E-state index contributed by atoms with van der Waals surface area (Å²) in [5.74, 6) is 0.685. The first kappa shape index (κ1) is 37.0. The van der Waals surface area contributed by atoms with Gasteiger partial charge in [-0.1, -0.05) is 17.7 Å². The SMILES string of the molecule is Cn1ncc(-c2nc(NC3CCC(CNCCCN4CCC(c5cc6c(cc5F)C(=O)N(C5CCC(=O)NC5=O)C6)CC4)CC3)ncc2Cl)c1CC1CC1. The number of imide groups is 1. The van der Waals surface area contributed by atoms with Crippen molar-refractivity contribution in [2.24, 2.45) is 18.9 Å². The van der Waals surface area contributed by atoms with Gasteiger partial charge in [-0.25, -0.2) is 14.4 Å². The van der Waals surface area contributed by atoms with Gasteiger partial charge in [-0.05, 0) is 138 Å². The maximum Gasteiger partial charge on any atom is 0.255 e. The number of piperidine rings is 2. The third-order valence-electron chi connectivity index (χ3n) is 12.3. The summed E-state index contributed by atoms with van der Waals surface area (Å²) in [4.78, 5) is 50.4. The quantitative estimate of drug-likeness (QED) is 0.158. The summed E-state index contributed by atoms with van der Waals surface area (Å²) in [6.45, 7) is 5.13. The Morgan fingerprint density at radius 1 is 0.963 bits per heavy atom. The second-order valence-corrected chi connectivity index (χ2v) is 16.5. The minimum atomic E-state index is -0.696. The predicted molar refractivity (Wildman–Crippen MR) is 203 cm³/mol. The molecule has 54 heavy (non-hydrogen) atoms. The number of aromatic nitrogens is 4. The Kier molecular flexibility index (Phi) is 11.0. The van der Waals surface area contributed by atoms with Gasteiger partial charge < -0.3 is 20.4 Å². The Labute approximate surface area is 321 Å². The number of hydrogen-bond acceptors (Lipinski definition) is 9. The van der Waals surface area contributed by atoms with E-state index in [0.717, 1.165) is 107 Å². The number of aryl methyl sites for hydroxylation is 1. The molecule has 3 aliphatic heterocycles. The number of likely N-dealkylation sites (tertiary alicyclic amines) is 1. The number of halogens is 2. The number of amides is 3. The Morgan fingerprint density at radius 3 is 2.50 bits per heavy atom. The maximum absolute atomic E-state index is 15.4. The number of carbonyl (C=O) groups excluding carboxylic acids is 3. The van der Waals surface area contributed by atoms with Crippen LogP contribution in [0.2, 0.25) is 5.02 Å². The van der Waals surface area contributed by atoms with Crippen molar-refractivity contribution >= 4 is 35.3 Å². The van der Waals surface area contributed by atoms with Crippen LogP contribution in [0, 0.1) is 17.7 Å². The van der Waals surface area contributed by atoms with Crippen molar-refractivity contribution in [2.45, 2.75) is 102 Å². The lowest BCUT2D eigenvalue weighted by Crippen LogP contribution is -2.52. The zero-order chi connectivity index (χ0) is 37.3. The van der Waals surface area contributed by atoms with E-state index in [4.69, 9.17) is 16.6 Å². The Bertz CT molecular complexity index is 1880. The van der Waals surface area contributed by atoms with Crippen LogP contribution < -0.4 is 16.0 Å². The highest BCUT2D eigenvalue weighted by atomic mass is 35.5. The highest BCUT2D eigenvalue weighted by Crippen LogP contribution is 2.38. The molecule has 3 N–H and O–H groups in total. The molecule has 2 aliphatic carbocycles. The van der Waals surface area contributed by atoms with Crippen LogP contribution in [0.15, 0.2) is 24.5 Å². The molecule has 4 fully saturated rings. The highest BCUT2D eigenvalue weighted by Gasteiger charge is 2.40. The molecule has 0 spiro atoms. The van der Waals surface area contributed by atoms with E-state index < -0.39 is 11.9 Å². The molecule has 0 bridgehead atoms. The van der Waals surface area contributed by atoms with Gasteiger partial charge in [0.1, 0.15) is 11.9 Å². The van der Waals surface area contributed by atoms with Crippen molar-refractivity contribution in [3.8, 4) is 11.3 Å². The minimum absolute atomic E-state index is 0.105. The van der Waals surface area contributed by atoms with Crippen LogP contribution in [0.25, 0.3) is 11.3 Å². The van der Waals surface area contributed by atoms with Gasteiger partial charge in [-0.15, -0.1) is 0 Å². The molecule has 1 unspecified atom stereocenters. The fourth-order valence-corrected chi connectivity index (χ4v) is 9.13. The average Bonchev–Trinajstić information content (AvgIpc) is 3.85. The molecule has 8 rings (SSSR count). The number of carbonyl (C=O) groups is 3. The van der Waals surface area contributed by atoms with Gasteiger partial charge in [0, 0.05) is 42.9 Å². The predicted octanol–water partition coefficient (Wildman–Crippen LogP) is 5.21. The van der Waals surface area contributed by atoms with E-state index >= 15 is 4.39 Å².